The van der Waals surface area contributed by atoms with Crippen LogP contribution in [0.5, 0.6) is 5.75 Å². The maximum absolute atomic E-state index is 11.2. The quantitative estimate of drug-likeness (QED) is 0.655. The Bertz CT molecular complexity index is 644. The lowest BCUT2D eigenvalue weighted by molar-refractivity contribution is 0.0997. The molecule has 0 spiro atoms. The molecule has 0 bridgehead atoms. The normalized spacial score (nSPS) is 13.5. The first-order chi connectivity index (χ1) is 10.5. The Labute approximate surface area is 129 Å². The van der Waals surface area contributed by atoms with E-state index >= 15 is 0 Å². The lowest BCUT2D eigenvalue weighted by atomic mass is 10.0. The number of carbonyl (C=O) groups is 1. The summed E-state index contributed by atoms with van der Waals surface area (Å²) in [4.78, 5) is 11.2. The summed E-state index contributed by atoms with van der Waals surface area (Å²) in [6.45, 7) is 2.33. The zero-order chi connectivity index (χ0) is 16.1. The van der Waals surface area contributed by atoms with Crippen molar-refractivity contribution in [1.82, 2.24) is 5.32 Å². The number of nitrogens with two attached hydrogens (primary N) is 1. The average Bonchev–Trinajstić information content (AvgIpc) is 2.53. The van der Waals surface area contributed by atoms with Crippen molar-refractivity contribution in [3.63, 3.8) is 0 Å². The number of hydrogen-bond acceptors (Lipinski definition) is 4. The summed E-state index contributed by atoms with van der Waals surface area (Å²) < 4.78 is 0. The van der Waals surface area contributed by atoms with E-state index in [2.05, 4.69) is 5.32 Å². The third-order valence-electron chi connectivity index (χ3n) is 3.59. The highest BCUT2D eigenvalue weighted by Crippen LogP contribution is 2.22. The largest absolute Gasteiger partial charge is 0.507 e. The Hall–Kier alpha value is -2.37. The van der Waals surface area contributed by atoms with Crippen LogP contribution in [-0.2, 0) is 0 Å². The van der Waals surface area contributed by atoms with Crippen LogP contribution in [0.25, 0.3) is 0 Å². The summed E-state index contributed by atoms with van der Waals surface area (Å²) in [5.41, 5.74) is 6.84. The second kappa shape index (κ2) is 7.06. The molecule has 0 aliphatic heterocycles. The second-order valence-corrected chi connectivity index (χ2v) is 5.20. The predicted octanol–water partition coefficient (Wildman–Crippen LogP) is 1.88. The van der Waals surface area contributed by atoms with Crippen molar-refractivity contribution in [3.8, 4) is 5.75 Å². The van der Waals surface area contributed by atoms with E-state index in [9.17, 15) is 15.0 Å². The molecule has 5 heteroatoms. The van der Waals surface area contributed by atoms with Gasteiger partial charge in [0.05, 0.1) is 11.7 Å². The number of carbonyl (C=O) groups excluding carboxylic acids is 1. The molecule has 0 aliphatic carbocycles. The van der Waals surface area contributed by atoms with Gasteiger partial charge in [0.15, 0.2) is 0 Å². The van der Waals surface area contributed by atoms with Crippen LogP contribution >= 0.6 is 0 Å². The van der Waals surface area contributed by atoms with E-state index in [1.165, 1.54) is 12.1 Å². The van der Waals surface area contributed by atoms with Gasteiger partial charge in [-0.3, -0.25) is 4.79 Å². The average molecular weight is 300 g/mol. The van der Waals surface area contributed by atoms with E-state index in [0.717, 1.165) is 5.56 Å². The minimum atomic E-state index is -0.801. The first-order valence-corrected chi connectivity index (χ1v) is 7.08. The molecule has 0 aliphatic rings. The van der Waals surface area contributed by atoms with Gasteiger partial charge >= 0.3 is 0 Å². The second-order valence-electron chi connectivity index (χ2n) is 5.20. The molecular weight excluding hydrogens is 280 g/mol. The van der Waals surface area contributed by atoms with Gasteiger partial charge in [-0.2, -0.15) is 0 Å². The number of rotatable bonds is 6. The van der Waals surface area contributed by atoms with Crippen molar-refractivity contribution >= 4 is 5.91 Å². The van der Waals surface area contributed by atoms with Crippen LogP contribution in [0, 0.1) is 0 Å². The van der Waals surface area contributed by atoms with Crippen molar-refractivity contribution in [1.29, 1.82) is 0 Å². The molecule has 22 heavy (non-hydrogen) atoms. The van der Waals surface area contributed by atoms with Crippen molar-refractivity contribution in [3.05, 3.63) is 65.2 Å². The van der Waals surface area contributed by atoms with Crippen LogP contribution in [0.1, 0.15) is 40.6 Å². The maximum atomic E-state index is 11.2. The Kier molecular flexibility index (Phi) is 5.14. The number of nitrogens with one attached hydrogen (secondary N) is 1. The molecule has 2 unspecified atom stereocenters. The van der Waals surface area contributed by atoms with Gasteiger partial charge in [-0.1, -0.05) is 36.4 Å². The van der Waals surface area contributed by atoms with Gasteiger partial charge in [0, 0.05) is 12.6 Å². The minimum Gasteiger partial charge on any atom is -0.507 e. The van der Waals surface area contributed by atoms with E-state index < -0.39 is 12.0 Å². The van der Waals surface area contributed by atoms with Crippen LogP contribution in [0.3, 0.4) is 0 Å². The van der Waals surface area contributed by atoms with Crippen LogP contribution in [-0.4, -0.2) is 22.7 Å². The summed E-state index contributed by atoms with van der Waals surface area (Å²) in [6, 6.07) is 14.3. The summed E-state index contributed by atoms with van der Waals surface area (Å²) in [5.74, 6) is -0.911. The van der Waals surface area contributed by atoms with E-state index in [1.807, 2.05) is 37.3 Å². The number of benzene rings is 2. The van der Waals surface area contributed by atoms with Gasteiger partial charge in [0.25, 0.3) is 5.91 Å². The number of phenols is 1. The number of aliphatic hydroxyl groups excluding tert-OH is 1. The fourth-order valence-corrected chi connectivity index (χ4v) is 2.22. The lowest BCUT2D eigenvalue weighted by Crippen LogP contribution is -2.25. The Morgan fingerprint density at radius 3 is 2.50 bits per heavy atom. The molecule has 0 fully saturated rings. The molecule has 0 radical (unpaired) electrons. The van der Waals surface area contributed by atoms with Gasteiger partial charge in [-0.25, -0.2) is 0 Å². The van der Waals surface area contributed by atoms with Crippen LogP contribution in [0.15, 0.2) is 48.5 Å². The monoisotopic (exact) mass is 300 g/mol. The first-order valence-electron chi connectivity index (χ1n) is 7.08. The van der Waals surface area contributed by atoms with Crippen molar-refractivity contribution in [2.24, 2.45) is 5.73 Å². The molecule has 0 saturated heterocycles. The molecule has 2 aromatic carbocycles. The van der Waals surface area contributed by atoms with Crippen LogP contribution in [0.4, 0.5) is 0 Å². The fraction of sp³-hybridized carbons (Fsp3) is 0.235. The highest BCUT2D eigenvalue weighted by molar-refractivity contribution is 5.95. The van der Waals surface area contributed by atoms with Crippen LogP contribution in [0.2, 0.25) is 0 Å². The van der Waals surface area contributed by atoms with Crippen LogP contribution < -0.4 is 11.1 Å². The molecule has 1 amide bonds. The van der Waals surface area contributed by atoms with Gasteiger partial charge in [0.2, 0.25) is 0 Å². The van der Waals surface area contributed by atoms with Crippen molar-refractivity contribution < 1.29 is 15.0 Å². The fourth-order valence-electron chi connectivity index (χ4n) is 2.22. The van der Waals surface area contributed by atoms with E-state index in [0.29, 0.717) is 12.1 Å². The maximum Gasteiger partial charge on any atom is 0.252 e. The van der Waals surface area contributed by atoms with Gasteiger partial charge in [-0.15, -0.1) is 0 Å². The Morgan fingerprint density at radius 1 is 1.18 bits per heavy atom. The van der Waals surface area contributed by atoms with Gasteiger partial charge < -0.3 is 21.3 Å². The number of amides is 1. The number of hydrogen-bond donors (Lipinski definition) is 4. The summed E-state index contributed by atoms with van der Waals surface area (Å²) in [6.07, 6.45) is -0.801. The first kappa shape index (κ1) is 16.0. The summed E-state index contributed by atoms with van der Waals surface area (Å²) in [5, 5.41) is 23.0. The van der Waals surface area contributed by atoms with E-state index in [4.69, 9.17) is 5.73 Å². The van der Waals surface area contributed by atoms with E-state index in [-0.39, 0.29) is 17.4 Å². The Morgan fingerprint density at radius 2 is 1.86 bits per heavy atom. The van der Waals surface area contributed by atoms with Gasteiger partial charge in [-0.05, 0) is 30.2 Å². The molecule has 5 N–H and O–H groups in total. The summed E-state index contributed by atoms with van der Waals surface area (Å²) >= 11 is 0. The zero-order valence-corrected chi connectivity index (χ0v) is 12.4. The molecule has 0 saturated carbocycles. The molecule has 2 rings (SSSR count). The predicted molar refractivity (Wildman–Crippen MR) is 84.4 cm³/mol. The number of aromatic hydroxyl groups is 1. The SMILES string of the molecule is CC(NCC(O)c1ccc(O)c(C(N)=O)c1)c1ccccc1. The molecule has 2 atom stereocenters. The standard InChI is InChI=1S/C17H20N2O3/c1-11(12-5-3-2-4-6-12)19-10-16(21)13-7-8-15(20)14(9-13)17(18)22/h2-9,11,16,19-21H,10H2,1H3,(H2,18,22). The topological polar surface area (TPSA) is 95.6 Å². The molecule has 0 aromatic heterocycles. The third kappa shape index (κ3) is 3.84. The molecule has 5 nitrogen and oxygen atoms in total. The zero-order valence-electron chi connectivity index (χ0n) is 12.4. The minimum absolute atomic E-state index is 0.00709. The third-order valence-corrected chi connectivity index (χ3v) is 3.59. The van der Waals surface area contributed by atoms with Gasteiger partial charge in [0.1, 0.15) is 5.75 Å². The van der Waals surface area contributed by atoms with E-state index in [1.54, 1.807) is 6.07 Å². The highest BCUT2D eigenvalue weighted by atomic mass is 16.3. The smallest absolute Gasteiger partial charge is 0.252 e. The van der Waals surface area contributed by atoms with Crippen molar-refractivity contribution in [2.45, 2.75) is 19.1 Å². The molecule has 116 valence electrons. The molecule has 2 aromatic rings. The Balaban J connectivity index is 2.02. The number of primary amides is 1. The molecule has 0 heterocycles. The number of aliphatic hydroxyl groups is 1. The molecular formula is C17H20N2O3. The highest BCUT2D eigenvalue weighted by Gasteiger charge is 2.14. The summed E-state index contributed by atoms with van der Waals surface area (Å²) in [7, 11) is 0. The lowest BCUT2D eigenvalue weighted by Gasteiger charge is -2.18. The van der Waals surface area contributed by atoms with Crippen molar-refractivity contribution in [2.75, 3.05) is 6.54 Å².